The first kappa shape index (κ1) is 9.70. The molecule has 1 N–H and O–H groups in total. The van der Waals surface area contributed by atoms with Crippen LogP contribution in [0.25, 0.3) is 0 Å². The maximum atomic E-state index is 11.8. The van der Waals surface area contributed by atoms with Crippen molar-refractivity contribution >= 4 is 24.0 Å². The molecule has 1 aliphatic carbocycles. The van der Waals surface area contributed by atoms with Gasteiger partial charge in [-0.15, -0.1) is 11.8 Å². The van der Waals surface area contributed by atoms with Crippen molar-refractivity contribution < 1.29 is 4.79 Å². The van der Waals surface area contributed by atoms with Crippen LogP contribution in [0.3, 0.4) is 0 Å². The normalized spacial score (nSPS) is 44.1. The van der Waals surface area contributed by atoms with Crippen molar-refractivity contribution in [1.82, 2.24) is 5.32 Å². The molecule has 82 valence electrons. The summed E-state index contributed by atoms with van der Waals surface area (Å²) in [5.74, 6) is 0.944. The van der Waals surface area contributed by atoms with E-state index in [0.29, 0.717) is 11.2 Å². The van der Waals surface area contributed by atoms with Crippen LogP contribution in [-0.2, 0) is 4.79 Å². The first-order valence-corrected chi connectivity index (χ1v) is 6.78. The summed E-state index contributed by atoms with van der Waals surface area (Å²) >= 11 is 1.94. The van der Waals surface area contributed by atoms with Gasteiger partial charge in [-0.05, 0) is 18.8 Å². The molecule has 3 rings (SSSR count). The lowest BCUT2D eigenvalue weighted by atomic mass is 9.85. The molecule has 1 saturated heterocycles. The summed E-state index contributed by atoms with van der Waals surface area (Å²) in [6, 6.07) is 0. The van der Waals surface area contributed by atoms with E-state index in [2.05, 4.69) is 10.3 Å². The molecule has 0 spiro atoms. The zero-order chi connectivity index (χ0) is 10.3. The standard InChI is InChI=1S/C11H16N2OS/c14-10-9-7-4-2-1-3-5-8(7)15-11(9)13-6-12-10/h6-9,11H,1-5H2,(H,12,13,14). The van der Waals surface area contributed by atoms with Gasteiger partial charge in [0.15, 0.2) is 0 Å². The average molecular weight is 224 g/mol. The van der Waals surface area contributed by atoms with E-state index < -0.39 is 0 Å². The molecular formula is C11H16N2OS. The SMILES string of the molecule is O=C1NC=NC2SC3CCCCCC3C12. The Morgan fingerprint density at radius 1 is 1.33 bits per heavy atom. The molecule has 0 aromatic rings. The highest BCUT2D eigenvalue weighted by molar-refractivity contribution is 8.00. The van der Waals surface area contributed by atoms with E-state index in [1.54, 1.807) is 6.34 Å². The second-order valence-electron chi connectivity index (χ2n) is 4.68. The van der Waals surface area contributed by atoms with Gasteiger partial charge in [0.2, 0.25) is 5.91 Å². The van der Waals surface area contributed by atoms with E-state index in [0.717, 1.165) is 0 Å². The van der Waals surface area contributed by atoms with Crippen molar-refractivity contribution in [2.75, 3.05) is 0 Å². The number of aliphatic imine (C=N–C) groups is 1. The number of carbonyl (C=O) groups is 1. The van der Waals surface area contributed by atoms with Crippen molar-refractivity contribution in [1.29, 1.82) is 0 Å². The largest absolute Gasteiger partial charge is 0.317 e. The lowest BCUT2D eigenvalue weighted by Crippen LogP contribution is -2.41. The zero-order valence-corrected chi connectivity index (χ0v) is 9.50. The summed E-state index contributed by atoms with van der Waals surface area (Å²) in [6.07, 6.45) is 8.06. The first-order chi connectivity index (χ1) is 7.36. The van der Waals surface area contributed by atoms with E-state index in [9.17, 15) is 4.79 Å². The quantitative estimate of drug-likeness (QED) is 0.681. The zero-order valence-electron chi connectivity index (χ0n) is 8.69. The van der Waals surface area contributed by atoms with Gasteiger partial charge in [0.05, 0.1) is 12.3 Å². The Morgan fingerprint density at radius 3 is 3.13 bits per heavy atom. The Hall–Kier alpha value is -0.510. The predicted octanol–water partition coefficient (Wildman–Crippen LogP) is 1.78. The van der Waals surface area contributed by atoms with Crippen LogP contribution in [0.5, 0.6) is 0 Å². The molecule has 4 heteroatoms. The fourth-order valence-electron chi connectivity index (χ4n) is 3.08. The van der Waals surface area contributed by atoms with Gasteiger partial charge in [0.1, 0.15) is 5.37 Å². The van der Waals surface area contributed by atoms with Gasteiger partial charge < -0.3 is 5.32 Å². The second kappa shape index (κ2) is 3.81. The van der Waals surface area contributed by atoms with Gasteiger partial charge in [-0.1, -0.05) is 19.3 Å². The van der Waals surface area contributed by atoms with Crippen LogP contribution in [-0.4, -0.2) is 22.9 Å². The minimum Gasteiger partial charge on any atom is -0.317 e. The van der Waals surface area contributed by atoms with Gasteiger partial charge in [0, 0.05) is 5.25 Å². The topological polar surface area (TPSA) is 41.5 Å². The fraction of sp³-hybridized carbons (Fsp3) is 0.818. The van der Waals surface area contributed by atoms with Crippen molar-refractivity contribution in [2.24, 2.45) is 16.8 Å². The molecule has 1 amide bonds. The molecular weight excluding hydrogens is 208 g/mol. The highest BCUT2D eigenvalue weighted by Crippen LogP contribution is 2.49. The minimum absolute atomic E-state index is 0.156. The van der Waals surface area contributed by atoms with E-state index in [4.69, 9.17) is 0 Å². The molecule has 0 aromatic heterocycles. The summed E-state index contributed by atoms with van der Waals surface area (Å²) in [4.78, 5) is 16.2. The molecule has 4 unspecified atom stereocenters. The number of nitrogens with zero attached hydrogens (tertiary/aromatic N) is 1. The molecule has 4 atom stereocenters. The van der Waals surface area contributed by atoms with Crippen molar-refractivity contribution in [3.63, 3.8) is 0 Å². The molecule has 3 aliphatic rings. The Balaban J connectivity index is 1.86. The first-order valence-electron chi connectivity index (χ1n) is 5.84. The Bertz CT molecular complexity index is 305. The van der Waals surface area contributed by atoms with E-state index in [1.807, 2.05) is 11.8 Å². The Kier molecular flexibility index (Phi) is 2.47. The van der Waals surface area contributed by atoms with Crippen LogP contribution in [0.4, 0.5) is 0 Å². The van der Waals surface area contributed by atoms with Crippen LogP contribution in [0.2, 0.25) is 0 Å². The molecule has 1 saturated carbocycles. The number of carbonyl (C=O) groups excluding carboxylic acids is 1. The fourth-order valence-corrected chi connectivity index (χ4v) is 4.87. The number of thioether (sulfide) groups is 1. The van der Waals surface area contributed by atoms with Gasteiger partial charge in [-0.25, -0.2) is 0 Å². The summed E-state index contributed by atoms with van der Waals surface area (Å²) in [7, 11) is 0. The number of rotatable bonds is 0. The highest BCUT2D eigenvalue weighted by atomic mass is 32.2. The summed E-state index contributed by atoms with van der Waals surface area (Å²) in [6.45, 7) is 0. The molecule has 0 bridgehead atoms. The smallest absolute Gasteiger partial charge is 0.231 e. The van der Waals surface area contributed by atoms with Gasteiger partial charge in [0.25, 0.3) is 0 Å². The number of amides is 1. The third kappa shape index (κ3) is 1.59. The summed E-state index contributed by atoms with van der Waals surface area (Å²) < 4.78 is 0. The molecule has 15 heavy (non-hydrogen) atoms. The van der Waals surface area contributed by atoms with E-state index >= 15 is 0 Å². The molecule has 2 aliphatic heterocycles. The summed E-state index contributed by atoms with van der Waals surface area (Å²) in [5.41, 5.74) is 0. The van der Waals surface area contributed by atoms with Crippen LogP contribution in [0, 0.1) is 11.8 Å². The highest BCUT2D eigenvalue weighted by Gasteiger charge is 2.48. The van der Waals surface area contributed by atoms with Gasteiger partial charge in [-0.2, -0.15) is 0 Å². The number of hydrogen-bond acceptors (Lipinski definition) is 3. The number of fused-ring (bicyclic) bond motifs is 3. The van der Waals surface area contributed by atoms with E-state index in [-0.39, 0.29) is 17.2 Å². The minimum atomic E-state index is 0.156. The van der Waals surface area contributed by atoms with Crippen LogP contribution >= 0.6 is 11.8 Å². The number of nitrogens with one attached hydrogen (secondary N) is 1. The average Bonchev–Trinajstić information content (AvgIpc) is 2.43. The lowest BCUT2D eigenvalue weighted by Gasteiger charge is -2.23. The maximum absolute atomic E-state index is 11.8. The maximum Gasteiger partial charge on any atom is 0.231 e. The number of hydrogen-bond donors (Lipinski definition) is 1. The molecule has 0 radical (unpaired) electrons. The van der Waals surface area contributed by atoms with Crippen LogP contribution < -0.4 is 5.32 Å². The lowest BCUT2D eigenvalue weighted by molar-refractivity contribution is -0.125. The van der Waals surface area contributed by atoms with Crippen molar-refractivity contribution in [3.8, 4) is 0 Å². The molecule has 3 nitrogen and oxygen atoms in total. The van der Waals surface area contributed by atoms with Crippen molar-refractivity contribution in [3.05, 3.63) is 0 Å². The van der Waals surface area contributed by atoms with E-state index in [1.165, 1.54) is 32.1 Å². The molecule has 0 aromatic carbocycles. The van der Waals surface area contributed by atoms with Gasteiger partial charge >= 0.3 is 0 Å². The Labute approximate surface area is 94.1 Å². The second-order valence-corrected chi connectivity index (χ2v) is 6.04. The predicted molar refractivity (Wildman–Crippen MR) is 61.9 cm³/mol. The van der Waals surface area contributed by atoms with Crippen molar-refractivity contribution in [2.45, 2.75) is 42.7 Å². The van der Waals surface area contributed by atoms with Crippen LogP contribution in [0.15, 0.2) is 4.99 Å². The summed E-state index contributed by atoms with van der Waals surface area (Å²) in [5, 5.41) is 3.66. The molecule has 2 heterocycles. The molecule has 2 fully saturated rings. The van der Waals surface area contributed by atoms with Crippen LogP contribution in [0.1, 0.15) is 32.1 Å². The third-order valence-corrected chi connectivity index (χ3v) is 5.45. The Morgan fingerprint density at radius 2 is 2.20 bits per heavy atom. The third-order valence-electron chi connectivity index (χ3n) is 3.82. The van der Waals surface area contributed by atoms with Gasteiger partial charge in [-0.3, -0.25) is 9.79 Å². The monoisotopic (exact) mass is 224 g/mol.